The lowest BCUT2D eigenvalue weighted by atomic mass is 9.90. The molecule has 2 saturated heterocycles. The fraction of sp³-hybridized carbons (Fsp3) is 0.857. The van der Waals surface area contributed by atoms with Gasteiger partial charge in [-0.1, -0.05) is 0 Å². The number of methoxy groups -OCH3 is 1. The van der Waals surface area contributed by atoms with Crippen LogP contribution in [0.1, 0.15) is 46.5 Å². The summed E-state index contributed by atoms with van der Waals surface area (Å²) in [5, 5.41) is 0. The zero-order valence-corrected chi connectivity index (χ0v) is 12.1. The van der Waals surface area contributed by atoms with Gasteiger partial charge in [-0.3, -0.25) is 4.79 Å². The number of esters is 1. The standard InChI is InChI=1S/C14H23NO4/c1-14(2,3)19-13(17)15-9-5-7-10(12(16)18-4)11(15)8-6-9/h9-11H,5-8H2,1-4H3/t9-,10?,11-/m0/s1. The Balaban J connectivity index is 2.12. The Morgan fingerprint density at radius 2 is 1.74 bits per heavy atom. The topological polar surface area (TPSA) is 55.8 Å². The molecule has 2 bridgehead atoms. The summed E-state index contributed by atoms with van der Waals surface area (Å²) in [6, 6.07) is 0.168. The molecule has 0 saturated carbocycles. The molecule has 0 aliphatic carbocycles. The highest BCUT2D eigenvalue weighted by Gasteiger charge is 2.48. The molecule has 2 aliphatic rings. The Labute approximate surface area is 114 Å². The van der Waals surface area contributed by atoms with Crippen LogP contribution in [0.4, 0.5) is 4.79 Å². The smallest absolute Gasteiger partial charge is 0.410 e. The molecule has 3 atom stereocenters. The summed E-state index contributed by atoms with van der Waals surface area (Å²) < 4.78 is 10.3. The molecule has 1 amide bonds. The highest BCUT2D eigenvalue weighted by atomic mass is 16.6. The quantitative estimate of drug-likeness (QED) is 0.686. The molecule has 5 nitrogen and oxygen atoms in total. The molecule has 0 aromatic rings. The number of ether oxygens (including phenoxy) is 2. The Kier molecular flexibility index (Phi) is 3.74. The molecule has 1 unspecified atom stereocenters. The molecule has 5 heteroatoms. The number of hydrogen-bond donors (Lipinski definition) is 0. The van der Waals surface area contributed by atoms with Crippen molar-refractivity contribution in [3.8, 4) is 0 Å². The number of piperidine rings is 1. The van der Waals surface area contributed by atoms with Crippen LogP contribution in [-0.2, 0) is 14.3 Å². The number of amides is 1. The molecular weight excluding hydrogens is 246 g/mol. The third kappa shape index (κ3) is 2.85. The zero-order valence-electron chi connectivity index (χ0n) is 12.1. The van der Waals surface area contributed by atoms with Gasteiger partial charge in [0.2, 0.25) is 0 Å². The van der Waals surface area contributed by atoms with E-state index < -0.39 is 5.60 Å². The molecular formula is C14H23NO4. The third-order valence-corrected chi connectivity index (χ3v) is 3.93. The van der Waals surface area contributed by atoms with Gasteiger partial charge in [-0.25, -0.2) is 4.79 Å². The van der Waals surface area contributed by atoms with Gasteiger partial charge in [0.15, 0.2) is 0 Å². The van der Waals surface area contributed by atoms with Crippen LogP contribution >= 0.6 is 0 Å². The van der Waals surface area contributed by atoms with Gasteiger partial charge in [0.25, 0.3) is 0 Å². The summed E-state index contributed by atoms with van der Waals surface area (Å²) in [5.41, 5.74) is -0.505. The van der Waals surface area contributed by atoms with Crippen LogP contribution in [0.25, 0.3) is 0 Å². The summed E-state index contributed by atoms with van der Waals surface area (Å²) in [5.74, 6) is -0.407. The maximum absolute atomic E-state index is 12.3. The maximum atomic E-state index is 12.3. The number of hydrogen-bond acceptors (Lipinski definition) is 4. The first-order valence-electron chi connectivity index (χ1n) is 6.92. The summed E-state index contributed by atoms with van der Waals surface area (Å²) in [6.45, 7) is 5.57. The average Bonchev–Trinajstić information content (AvgIpc) is 2.61. The molecule has 0 aromatic carbocycles. The lowest BCUT2D eigenvalue weighted by molar-refractivity contribution is -0.149. The minimum absolute atomic E-state index is 0.0546. The van der Waals surface area contributed by atoms with Crippen molar-refractivity contribution < 1.29 is 19.1 Å². The lowest BCUT2D eigenvalue weighted by Crippen LogP contribution is -2.51. The van der Waals surface area contributed by atoms with Crippen molar-refractivity contribution in [3.63, 3.8) is 0 Å². The third-order valence-electron chi connectivity index (χ3n) is 3.93. The molecule has 2 aliphatic heterocycles. The van der Waals surface area contributed by atoms with Crippen LogP contribution in [0.3, 0.4) is 0 Å². The number of fused-ring (bicyclic) bond motifs is 2. The van der Waals surface area contributed by atoms with Crippen molar-refractivity contribution >= 4 is 12.1 Å². The van der Waals surface area contributed by atoms with E-state index in [1.165, 1.54) is 7.11 Å². The van der Waals surface area contributed by atoms with Gasteiger partial charge in [-0.2, -0.15) is 0 Å². The maximum Gasteiger partial charge on any atom is 0.410 e. The Morgan fingerprint density at radius 1 is 1.11 bits per heavy atom. The van der Waals surface area contributed by atoms with Crippen molar-refractivity contribution in [2.75, 3.05) is 7.11 Å². The second-order valence-corrected chi connectivity index (χ2v) is 6.39. The van der Waals surface area contributed by atoms with Crippen molar-refractivity contribution in [2.45, 2.75) is 64.1 Å². The predicted molar refractivity (Wildman–Crippen MR) is 69.6 cm³/mol. The minimum atomic E-state index is -0.505. The summed E-state index contributed by atoms with van der Waals surface area (Å²) in [7, 11) is 1.40. The van der Waals surface area contributed by atoms with Gasteiger partial charge in [-0.05, 0) is 46.5 Å². The Morgan fingerprint density at radius 3 is 2.32 bits per heavy atom. The van der Waals surface area contributed by atoms with Crippen LogP contribution in [0.2, 0.25) is 0 Å². The van der Waals surface area contributed by atoms with Gasteiger partial charge < -0.3 is 14.4 Å². The van der Waals surface area contributed by atoms with E-state index in [1.54, 1.807) is 4.90 Å². The first-order valence-corrected chi connectivity index (χ1v) is 6.92. The summed E-state index contributed by atoms with van der Waals surface area (Å²) >= 11 is 0. The van der Waals surface area contributed by atoms with E-state index in [-0.39, 0.29) is 30.1 Å². The average molecular weight is 269 g/mol. The van der Waals surface area contributed by atoms with Crippen molar-refractivity contribution in [3.05, 3.63) is 0 Å². The first-order chi connectivity index (χ1) is 8.83. The fourth-order valence-electron chi connectivity index (χ4n) is 3.18. The van der Waals surface area contributed by atoms with Gasteiger partial charge in [-0.15, -0.1) is 0 Å². The number of carbonyl (C=O) groups is 2. The van der Waals surface area contributed by atoms with Crippen LogP contribution < -0.4 is 0 Å². The van der Waals surface area contributed by atoms with E-state index in [9.17, 15) is 9.59 Å². The molecule has 2 heterocycles. The fourth-order valence-corrected chi connectivity index (χ4v) is 3.18. The molecule has 0 N–H and O–H groups in total. The molecule has 2 rings (SSSR count). The largest absolute Gasteiger partial charge is 0.469 e. The van der Waals surface area contributed by atoms with E-state index in [0.29, 0.717) is 0 Å². The molecule has 0 spiro atoms. The van der Waals surface area contributed by atoms with Crippen LogP contribution in [0.5, 0.6) is 0 Å². The number of carbonyl (C=O) groups excluding carboxylic acids is 2. The van der Waals surface area contributed by atoms with E-state index >= 15 is 0 Å². The minimum Gasteiger partial charge on any atom is -0.469 e. The van der Waals surface area contributed by atoms with Crippen molar-refractivity contribution in [2.24, 2.45) is 5.92 Å². The van der Waals surface area contributed by atoms with Crippen molar-refractivity contribution in [1.82, 2.24) is 4.90 Å². The van der Waals surface area contributed by atoms with Gasteiger partial charge in [0.1, 0.15) is 5.60 Å². The van der Waals surface area contributed by atoms with E-state index in [2.05, 4.69) is 0 Å². The second kappa shape index (κ2) is 5.02. The molecule has 19 heavy (non-hydrogen) atoms. The molecule has 108 valence electrons. The van der Waals surface area contributed by atoms with E-state index in [0.717, 1.165) is 25.7 Å². The Hall–Kier alpha value is -1.26. The Bertz CT molecular complexity index is 374. The van der Waals surface area contributed by atoms with E-state index in [4.69, 9.17) is 9.47 Å². The van der Waals surface area contributed by atoms with Gasteiger partial charge in [0.05, 0.1) is 13.0 Å². The SMILES string of the molecule is COC(=O)C1CC[C@H]2CC[C@@H]1N2C(=O)OC(C)(C)C. The number of nitrogens with zero attached hydrogens (tertiary/aromatic N) is 1. The normalized spacial score (nSPS) is 30.1. The molecule has 0 aromatic heterocycles. The summed E-state index contributed by atoms with van der Waals surface area (Å²) in [6.07, 6.45) is 3.19. The number of rotatable bonds is 1. The second-order valence-electron chi connectivity index (χ2n) is 6.39. The monoisotopic (exact) mass is 269 g/mol. The first kappa shape index (κ1) is 14.2. The highest BCUT2D eigenvalue weighted by Crippen LogP contribution is 2.40. The van der Waals surface area contributed by atoms with E-state index in [1.807, 2.05) is 20.8 Å². The van der Waals surface area contributed by atoms with Gasteiger partial charge >= 0.3 is 12.1 Å². The van der Waals surface area contributed by atoms with Crippen LogP contribution in [0, 0.1) is 5.92 Å². The highest BCUT2D eigenvalue weighted by molar-refractivity contribution is 5.76. The van der Waals surface area contributed by atoms with Crippen LogP contribution in [-0.4, -0.2) is 41.8 Å². The predicted octanol–water partition coefficient (Wildman–Crippen LogP) is 2.34. The zero-order chi connectivity index (χ0) is 14.2. The summed E-state index contributed by atoms with van der Waals surface area (Å²) in [4.78, 5) is 25.9. The van der Waals surface area contributed by atoms with Crippen LogP contribution in [0.15, 0.2) is 0 Å². The van der Waals surface area contributed by atoms with Crippen molar-refractivity contribution in [1.29, 1.82) is 0 Å². The lowest BCUT2D eigenvalue weighted by Gasteiger charge is -2.39. The molecule has 2 fully saturated rings. The van der Waals surface area contributed by atoms with Gasteiger partial charge in [0, 0.05) is 12.1 Å². The molecule has 0 radical (unpaired) electrons.